The topological polar surface area (TPSA) is 116 Å². The lowest BCUT2D eigenvalue weighted by molar-refractivity contribution is 0.0637. The molecule has 2 bridgehead atoms. The van der Waals surface area contributed by atoms with E-state index in [0.29, 0.717) is 30.4 Å². The summed E-state index contributed by atoms with van der Waals surface area (Å²) in [5.41, 5.74) is 4.28. The average Bonchev–Trinajstić information content (AvgIpc) is 3.10. The molecule has 3 aliphatic heterocycles. The molecule has 3 aliphatic rings. The Bertz CT molecular complexity index is 1400. The first kappa shape index (κ1) is 23.1. The quantitative estimate of drug-likeness (QED) is 0.428. The third kappa shape index (κ3) is 4.74. The molecule has 4 aromatic rings. The molecule has 37 heavy (non-hydrogen) atoms. The number of aromatic amines is 1. The summed E-state index contributed by atoms with van der Waals surface area (Å²) in [6, 6.07) is 11.7. The van der Waals surface area contributed by atoms with Crippen LogP contribution in [0.3, 0.4) is 0 Å². The van der Waals surface area contributed by atoms with Crippen LogP contribution in [0.4, 0.5) is 17.6 Å². The van der Waals surface area contributed by atoms with Gasteiger partial charge in [-0.25, -0.2) is 4.98 Å². The second-order valence-electron chi connectivity index (χ2n) is 9.77. The first-order chi connectivity index (χ1) is 18.0. The van der Waals surface area contributed by atoms with Crippen molar-refractivity contribution in [2.45, 2.75) is 45.2 Å². The standard InChI is InChI=1S/C27H29N9O/c1-17-12-24(31-25-13-18(2)33-34-25)32-27(30-17)36-16-21-4-3-5-22(36)15-35(21)26(37)20-6-7-23(29-14-20)19-8-10-28-11-9-19/h6-14,21-22H,3-5,15-16H2,1-2H3,(H2,30,31,32,33,34). The fourth-order valence-electron chi connectivity index (χ4n) is 5.26. The minimum absolute atomic E-state index is 0.0340. The van der Waals surface area contributed by atoms with Crippen molar-refractivity contribution in [2.24, 2.45) is 0 Å². The Kier molecular flexibility index (Phi) is 5.99. The number of H-pyrrole nitrogens is 1. The highest BCUT2D eigenvalue weighted by Gasteiger charge is 2.40. The van der Waals surface area contributed by atoms with Gasteiger partial charge in [0.25, 0.3) is 5.91 Å². The van der Waals surface area contributed by atoms with E-state index in [1.165, 1.54) is 0 Å². The van der Waals surface area contributed by atoms with Crippen molar-refractivity contribution in [1.29, 1.82) is 0 Å². The number of fused-ring (bicyclic) bond motifs is 4. The number of carbonyl (C=O) groups is 1. The summed E-state index contributed by atoms with van der Waals surface area (Å²) in [4.78, 5) is 36.0. The van der Waals surface area contributed by atoms with Crippen LogP contribution in [0.1, 0.15) is 41.0 Å². The molecule has 7 heterocycles. The molecule has 0 radical (unpaired) electrons. The zero-order chi connectivity index (χ0) is 25.4. The molecule has 188 valence electrons. The normalized spacial score (nSPS) is 19.1. The number of rotatable bonds is 5. The Hall–Kier alpha value is -4.34. The summed E-state index contributed by atoms with van der Waals surface area (Å²) in [6.07, 6.45) is 8.20. The van der Waals surface area contributed by atoms with E-state index >= 15 is 0 Å². The molecule has 0 aromatic carbocycles. The molecule has 2 atom stereocenters. The van der Waals surface area contributed by atoms with E-state index in [1.807, 2.05) is 55.1 Å². The van der Waals surface area contributed by atoms with Gasteiger partial charge in [0, 0.05) is 72.8 Å². The summed E-state index contributed by atoms with van der Waals surface area (Å²) < 4.78 is 0. The van der Waals surface area contributed by atoms with Gasteiger partial charge in [0.1, 0.15) is 5.82 Å². The van der Waals surface area contributed by atoms with E-state index in [9.17, 15) is 4.79 Å². The average molecular weight is 496 g/mol. The van der Waals surface area contributed by atoms with Gasteiger partial charge in [0.05, 0.1) is 11.3 Å². The second kappa shape index (κ2) is 9.61. The van der Waals surface area contributed by atoms with Crippen molar-refractivity contribution in [3.8, 4) is 11.3 Å². The number of pyridine rings is 2. The van der Waals surface area contributed by atoms with Crippen molar-refractivity contribution in [2.75, 3.05) is 23.3 Å². The van der Waals surface area contributed by atoms with Crippen LogP contribution in [0.25, 0.3) is 11.3 Å². The SMILES string of the molecule is Cc1cc(Nc2cc(C)[nH]n2)nc(N2CC3CCCC2CN3C(=O)c2ccc(-c3ccncc3)nc2)n1. The zero-order valence-corrected chi connectivity index (χ0v) is 20.9. The maximum atomic E-state index is 13.6. The van der Waals surface area contributed by atoms with E-state index in [-0.39, 0.29) is 18.0 Å². The molecule has 3 saturated heterocycles. The van der Waals surface area contributed by atoms with Gasteiger partial charge in [-0.1, -0.05) is 0 Å². The van der Waals surface area contributed by atoms with Crippen molar-refractivity contribution < 1.29 is 4.79 Å². The minimum Gasteiger partial charge on any atom is -0.334 e. The van der Waals surface area contributed by atoms with Crippen molar-refractivity contribution in [1.82, 2.24) is 35.0 Å². The summed E-state index contributed by atoms with van der Waals surface area (Å²) in [6.45, 7) is 5.29. The van der Waals surface area contributed by atoms with Crippen molar-refractivity contribution in [3.63, 3.8) is 0 Å². The van der Waals surface area contributed by atoms with Crippen LogP contribution in [-0.2, 0) is 0 Å². The van der Waals surface area contributed by atoms with Gasteiger partial charge in [-0.3, -0.25) is 19.9 Å². The molecule has 0 spiro atoms. The molecule has 10 heteroatoms. The Morgan fingerprint density at radius 1 is 1.00 bits per heavy atom. The Morgan fingerprint density at radius 3 is 2.59 bits per heavy atom. The maximum Gasteiger partial charge on any atom is 0.255 e. The monoisotopic (exact) mass is 495 g/mol. The molecule has 1 amide bonds. The third-order valence-electron chi connectivity index (χ3n) is 7.08. The first-order valence-electron chi connectivity index (χ1n) is 12.6. The van der Waals surface area contributed by atoms with Crippen LogP contribution >= 0.6 is 0 Å². The predicted octanol–water partition coefficient (Wildman–Crippen LogP) is 3.90. The number of nitrogens with zero attached hydrogens (tertiary/aromatic N) is 7. The van der Waals surface area contributed by atoms with Crippen LogP contribution in [0.15, 0.2) is 55.0 Å². The number of amides is 1. The number of hydrogen-bond acceptors (Lipinski definition) is 8. The van der Waals surface area contributed by atoms with Crippen LogP contribution in [0.5, 0.6) is 0 Å². The largest absolute Gasteiger partial charge is 0.334 e. The van der Waals surface area contributed by atoms with Gasteiger partial charge in [-0.05, 0) is 57.4 Å². The lowest BCUT2D eigenvalue weighted by Gasteiger charge is -2.44. The Morgan fingerprint density at radius 2 is 1.84 bits per heavy atom. The molecular weight excluding hydrogens is 466 g/mol. The zero-order valence-electron chi connectivity index (χ0n) is 20.9. The molecule has 7 rings (SSSR count). The summed E-state index contributed by atoms with van der Waals surface area (Å²) >= 11 is 0. The number of carbonyl (C=O) groups excluding carboxylic acids is 1. The fourth-order valence-corrected chi connectivity index (χ4v) is 5.26. The maximum absolute atomic E-state index is 13.6. The van der Waals surface area contributed by atoms with Crippen LogP contribution in [-0.4, -0.2) is 66.1 Å². The number of aryl methyl sites for hydroxylation is 2. The van der Waals surface area contributed by atoms with E-state index in [2.05, 4.69) is 30.4 Å². The molecule has 10 nitrogen and oxygen atoms in total. The number of anilines is 3. The highest BCUT2D eigenvalue weighted by Crippen LogP contribution is 2.32. The van der Waals surface area contributed by atoms with Crippen LogP contribution < -0.4 is 10.2 Å². The first-order valence-corrected chi connectivity index (χ1v) is 12.6. The minimum atomic E-state index is 0.0340. The smallest absolute Gasteiger partial charge is 0.255 e. The van der Waals surface area contributed by atoms with Crippen molar-refractivity contribution >= 4 is 23.5 Å². The summed E-state index contributed by atoms with van der Waals surface area (Å²) in [7, 11) is 0. The molecule has 3 fully saturated rings. The summed E-state index contributed by atoms with van der Waals surface area (Å²) in [5, 5.41) is 10.5. The van der Waals surface area contributed by atoms with Gasteiger partial charge in [0.2, 0.25) is 5.95 Å². The van der Waals surface area contributed by atoms with E-state index in [1.54, 1.807) is 18.6 Å². The Balaban J connectivity index is 1.20. The summed E-state index contributed by atoms with van der Waals surface area (Å²) in [5.74, 6) is 2.16. The predicted molar refractivity (Wildman–Crippen MR) is 141 cm³/mol. The molecule has 2 unspecified atom stereocenters. The molecule has 4 aromatic heterocycles. The number of nitrogens with one attached hydrogen (secondary N) is 2. The highest BCUT2D eigenvalue weighted by atomic mass is 16.2. The van der Waals surface area contributed by atoms with Crippen LogP contribution in [0.2, 0.25) is 0 Å². The number of piperazine rings is 1. The second-order valence-corrected chi connectivity index (χ2v) is 9.77. The van der Waals surface area contributed by atoms with Gasteiger partial charge in [-0.15, -0.1) is 0 Å². The van der Waals surface area contributed by atoms with E-state index in [0.717, 1.165) is 47.7 Å². The highest BCUT2D eigenvalue weighted by molar-refractivity contribution is 5.94. The number of aromatic nitrogens is 6. The lowest BCUT2D eigenvalue weighted by Crippen LogP contribution is -2.58. The molecule has 0 saturated carbocycles. The van der Waals surface area contributed by atoms with Gasteiger partial charge >= 0.3 is 0 Å². The van der Waals surface area contributed by atoms with Gasteiger partial charge < -0.3 is 15.1 Å². The van der Waals surface area contributed by atoms with Gasteiger partial charge in [0.15, 0.2) is 5.82 Å². The Labute approximate surface area is 215 Å². The lowest BCUT2D eigenvalue weighted by atomic mass is 10.1. The fraction of sp³-hybridized carbons (Fsp3) is 0.333. The van der Waals surface area contributed by atoms with E-state index < -0.39 is 0 Å². The van der Waals surface area contributed by atoms with Crippen LogP contribution in [0, 0.1) is 13.8 Å². The molecule has 2 N–H and O–H groups in total. The molecular formula is C27H29N9O. The third-order valence-corrected chi connectivity index (χ3v) is 7.08. The number of hydrogen-bond donors (Lipinski definition) is 2. The van der Waals surface area contributed by atoms with Gasteiger partial charge in [-0.2, -0.15) is 10.1 Å². The van der Waals surface area contributed by atoms with E-state index in [4.69, 9.17) is 9.97 Å². The van der Waals surface area contributed by atoms with Crippen molar-refractivity contribution in [3.05, 3.63) is 71.9 Å². The molecule has 0 aliphatic carbocycles.